The van der Waals surface area contributed by atoms with E-state index in [2.05, 4.69) is 10.2 Å². The van der Waals surface area contributed by atoms with Crippen LogP contribution in [0.3, 0.4) is 0 Å². The van der Waals surface area contributed by atoms with Gasteiger partial charge in [-0.15, -0.1) is 10.2 Å². The van der Waals surface area contributed by atoms with Crippen LogP contribution in [0, 0.1) is 11.6 Å². The van der Waals surface area contributed by atoms with Gasteiger partial charge in [0, 0.05) is 12.3 Å². The van der Waals surface area contributed by atoms with E-state index in [1.54, 1.807) is 24.3 Å². The maximum Gasteiger partial charge on any atom is 0.191 e. The number of ether oxygens (including phenoxy) is 1. The van der Waals surface area contributed by atoms with Crippen molar-refractivity contribution in [3.63, 3.8) is 0 Å². The molecule has 1 aromatic heterocycles. The normalized spacial score (nSPS) is 12.2. The Balaban J connectivity index is 1.72. The topological polar surface area (TPSA) is 39.9 Å². The summed E-state index contributed by atoms with van der Waals surface area (Å²) in [5.74, 6) is 1.17. The summed E-state index contributed by atoms with van der Waals surface area (Å²) in [6, 6.07) is 12.5. The minimum absolute atomic E-state index is 0.226. The Kier molecular flexibility index (Phi) is 5.88. The summed E-state index contributed by atoms with van der Waals surface area (Å²) in [6.07, 6.45) is -0.351. The average molecular weight is 375 g/mol. The molecule has 0 aliphatic heterocycles. The maximum absolute atomic E-state index is 13.8. The molecule has 0 spiro atoms. The molecule has 1 atom stereocenters. The summed E-state index contributed by atoms with van der Waals surface area (Å²) < 4.78 is 34.6. The summed E-state index contributed by atoms with van der Waals surface area (Å²) in [4.78, 5) is 0. The first-order valence-electron chi connectivity index (χ1n) is 8.30. The summed E-state index contributed by atoms with van der Waals surface area (Å²) in [5, 5.41) is 9.17. The molecule has 0 amide bonds. The lowest BCUT2D eigenvalue weighted by atomic mass is 10.2. The van der Waals surface area contributed by atoms with Gasteiger partial charge in [-0.25, -0.2) is 8.78 Å². The molecule has 0 saturated carbocycles. The summed E-state index contributed by atoms with van der Waals surface area (Å²) >= 11 is 1.43. The SMILES string of the molecule is CCn1c(SCc2ccccc2F)nnc1C(C)Oc1ccc(F)cc1. The first kappa shape index (κ1) is 18.4. The minimum atomic E-state index is -0.351. The van der Waals surface area contributed by atoms with Crippen molar-refractivity contribution < 1.29 is 13.5 Å². The van der Waals surface area contributed by atoms with E-state index in [1.165, 1.54) is 30.0 Å². The minimum Gasteiger partial charge on any atom is -0.483 e. The lowest BCUT2D eigenvalue weighted by Crippen LogP contribution is -2.12. The van der Waals surface area contributed by atoms with Crippen molar-refractivity contribution in [2.75, 3.05) is 0 Å². The second kappa shape index (κ2) is 8.31. The van der Waals surface area contributed by atoms with E-state index in [0.29, 0.717) is 34.6 Å². The van der Waals surface area contributed by atoms with Gasteiger partial charge in [-0.05, 0) is 49.7 Å². The van der Waals surface area contributed by atoms with Gasteiger partial charge in [-0.3, -0.25) is 0 Å². The van der Waals surface area contributed by atoms with E-state index in [4.69, 9.17) is 4.74 Å². The third-order valence-electron chi connectivity index (χ3n) is 3.87. The van der Waals surface area contributed by atoms with E-state index >= 15 is 0 Å². The number of halogens is 2. The van der Waals surface area contributed by atoms with Crippen LogP contribution >= 0.6 is 11.8 Å². The first-order valence-corrected chi connectivity index (χ1v) is 9.28. The van der Waals surface area contributed by atoms with E-state index in [0.717, 1.165) is 0 Å². The van der Waals surface area contributed by atoms with Crippen LogP contribution in [0.25, 0.3) is 0 Å². The molecule has 1 unspecified atom stereocenters. The monoisotopic (exact) mass is 375 g/mol. The highest BCUT2D eigenvalue weighted by Crippen LogP contribution is 2.27. The van der Waals surface area contributed by atoms with Gasteiger partial charge < -0.3 is 9.30 Å². The van der Waals surface area contributed by atoms with Gasteiger partial charge in [0.1, 0.15) is 17.4 Å². The summed E-state index contributed by atoms with van der Waals surface area (Å²) in [6.45, 7) is 4.52. The van der Waals surface area contributed by atoms with Gasteiger partial charge in [0.2, 0.25) is 0 Å². The smallest absolute Gasteiger partial charge is 0.191 e. The Hall–Kier alpha value is -2.41. The fourth-order valence-corrected chi connectivity index (χ4v) is 3.53. The Bertz CT molecular complexity index is 867. The van der Waals surface area contributed by atoms with Crippen LogP contribution < -0.4 is 4.74 Å². The fourth-order valence-electron chi connectivity index (χ4n) is 2.53. The zero-order valence-corrected chi connectivity index (χ0v) is 15.3. The molecule has 0 aliphatic rings. The zero-order valence-electron chi connectivity index (χ0n) is 14.5. The number of aromatic nitrogens is 3. The number of nitrogens with zero attached hydrogens (tertiary/aromatic N) is 3. The number of thioether (sulfide) groups is 1. The van der Waals surface area contributed by atoms with Crippen molar-refractivity contribution in [3.8, 4) is 5.75 Å². The lowest BCUT2D eigenvalue weighted by molar-refractivity contribution is 0.209. The number of hydrogen-bond acceptors (Lipinski definition) is 4. The Morgan fingerprint density at radius 1 is 1.08 bits per heavy atom. The van der Waals surface area contributed by atoms with Gasteiger partial charge in [0.05, 0.1) is 0 Å². The average Bonchev–Trinajstić information content (AvgIpc) is 3.06. The summed E-state index contributed by atoms with van der Waals surface area (Å²) in [7, 11) is 0. The molecular weight excluding hydrogens is 356 g/mol. The molecule has 3 rings (SSSR count). The van der Waals surface area contributed by atoms with Crippen molar-refractivity contribution in [1.82, 2.24) is 14.8 Å². The van der Waals surface area contributed by atoms with Crippen LogP contribution in [0.2, 0.25) is 0 Å². The maximum atomic E-state index is 13.8. The van der Waals surface area contributed by atoms with E-state index in [1.807, 2.05) is 24.5 Å². The predicted octanol–water partition coefficient (Wildman–Crippen LogP) is 5.01. The highest BCUT2D eigenvalue weighted by molar-refractivity contribution is 7.98. The largest absolute Gasteiger partial charge is 0.483 e. The van der Waals surface area contributed by atoms with Crippen molar-refractivity contribution in [1.29, 1.82) is 0 Å². The predicted molar refractivity (Wildman–Crippen MR) is 97.1 cm³/mol. The van der Waals surface area contributed by atoms with Gasteiger partial charge in [0.15, 0.2) is 17.1 Å². The van der Waals surface area contributed by atoms with Gasteiger partial charge in [0.25, 0.3) is 0 Å². The molecule has 0 radical (unpaired) electrons. The van der Waals surface area contributed by atoms with Crippen LogP contribution in [0.4, 0.5) is 8.78 Å². The first-order chi connectivity index (χ1) is 12.6. The van der Waals surface area contributed by atoms with Crippen LogP contribution in [0.5, 0.6) is 5.75 Å². The molecular formula is C19H19F2N3OS. The Labute approximate surface area is 155 Å². The Morgan fingerprint density at radius 2 is 1.81 bits per heavy atom. The molecule has 0 saturated heterocycles. The lowest BCUT2D eigenvalue weighted by Gasteiger charge is -2.15. The molecule has 1 heterocycles. The highest BCUT2D eigenvalue weighted by atomic mass is 32.2. The molecule has 0 fully saturated rings. The molecule has 0 bridgehead atoms. The van der Waals surface area contributed by atoms with Crippen LogP contribution in [-0.2, 0) is 12.3 Å². The quantitative estimate of drug-likeness (QED) is 0.544. The molecule has 0 aliphatic carbocycles. The standard InChI is InChI=1S/C19H19F2N3OS/c1-3-24-18(13(2)25-16-10-8-15(20)9-11-16)22-23-19(24)26-12-14-6-4-5-7-17(14)21/h4-11,13H,3,12H2,1-2H3. The van der Waals surface area contributed by atoms with E-state index < -0.39 is 0 Å². The fraction of sp³-hybridized carbons (Fsp3) is 0.263. The van der Waals surface area contributed by atoms with Crippen LogP contribution in [0.15, 0.2) is 53.7 Å². The van der Waals surface area contributed by atoms with Gasteiger partial charge in [-0.1, -0.05) is 30.0 Å². The molecule has 0 N–H and O–H groups in total. The van der Waals surface area contributed by atoms with Crippen molar-refractivity contribution in [2.24, 2.45) is 0 Å². The molecule has 136 valence electrons. The second-order valence-corrected chi connectivity index (χ2v) is 6.62. The van der Waals surface area contributed by atoms with Gasteiger partial charge >= 0.3 is 0 Å². The highest BCUT2D eigenvalue weighted by Gasteiger charge is 2.19. The zero-order chi connectivity index (χ0) is 18.5. The summed E-state index contributed by atoms with van der Waals surface area (Å²) in [5.41, 5.74) is 0.625. The van der Waals surface area contributed by atoms with Gasteiger partial charge in [-0.2, -0.15) is 0 Å². The van der Waals surface area contributed by atoms with Crippen LogP contribution in [-0.4, -0.2) is 14.8 Å². The second-order valence-electron chi connectivity index (χ2n) is 5.68. The third kappa shape index (κ3) is 4.22. The third-order valence-corrected chi connectivity index (χ3v) is 4.88. The number of benzene rings is 2. The Morgan fingerprint density at radius 3 is 2.50 bits per heavy atom. The number of rotatable bonds is 7. The van der Waals surface area contributed by atoms with Crippen molar-refractivity contribution in [2.45, 2.75) is 37.4 Å². The van der Waals surface area contributed by atoms with E-state index in [-0.39, 0.29) is 17.7 Å². The molecule has 2 aromatic carbocycles. The van der Waals surface area contributed by atoms with Crippen LogP contribution in [0.1, 0.15) is 31.3 Å². The molecule has 3 aromatic rings. The number of hydrogen-bond donors (Lipinski definition) is 0. The molecule has 7 heteroatoms. The van der Waals surface area contributed by atoms with Crippen molar-refractivity contribution in [3.05, 3.63) is 71.6 Å². The molecule has 4 nitrogen and oxygen atoms in total. The molecule has 26 heavy (non-hydrogen) atoms. The van der Waals surface area contributed by atoms with Crippen molar-refractivity contribution >= 4 is 11.8 Å². The van der Waals surface area contributed by atoms with E-state index in [9.17, 15) is 8.78 Å².